The monoisotopic (exact) mass is 247 g/mol. The molecule has 0 unspecified atom stereocenters. The number of rotatable bonds is 3. The molecule has 0 aliphatic rings. The number of oxime groups is 1. The van der Waals surface area contributed by atoms with Crippen LogP contribution in [0, 0.1) is 0 Å². The van der Waals surface area contributed by atoms with Gasteiger partial charge in [-0.25, -0.2) is 8.42 Å². The predicted octanol–water partition coefficient (Wildman–Crippen LogP) is 1.96. The quantitative estimate of drug-likeness (QED) is 0.504. The van der Waals surface area contributed by atoms with Crippen molar-refractivity contribution in [2.24, 2.45) is 5.16 Å². The number of sulfone groups is 1. The zero-order chi connectivity index (χ0) is 11.5. The van der Waals surface area contributed by atoms with E-state index in [1.165, 1.54) is 31.2 Å². The van der Waals surface area contributed by atoms with Crippen molar-refractivity contribution in [1.29, 1.82) is 0 Å². The van der Waals surface area contributed by atoms with Gasteiger partial charge >= 0.3 is 0 Å². The van der Waals surface area contributed by atoms with Crippen LogP contribution in [0.15, 0.2) is 34.3 Å². The van der Waals surface area contributed by atoms with Crippen LogP contribution >= 0.6 is 11.6 Å². The van der Waals surface area contributed by atoms with Gasteiger partial charge in [0.15, 0.2) is 9.84 Å². The molecule has 0 bridgehead atoms. The summed E-state index contributed by atoms with van der Waals surface area (Å²) in [6.45, 7) is 1.44. The van der Waals surface area contributed by atoms with Crippen LogP contribution in [-0.4, -0.2) is 25.1 Å². The first-order valence-electron chi connectivity index (χ1n) is 4.11. The third-order valence-electron chi connectivity index (χ3n) is 1.74. The van der Waals surface area contributed by atoms with Gasteiger partial charge in [-0.05, 0) is 31.2 Å². The molecule has 0 radical (unpaired) electrons. The van der Waals surface area contributed by atoms with Crippen LogP contribution in [0.4, 0.5) is 0 Å². The lowest BCUT2D eigenvalue weighted by Gasteiger charge is -2.02. The van der Waals surface area contributed by atoms with Crippen LogP contribution in [-0.2, 0) is 9.84 Å². The topological polar surface area (TPSA) is 66.7 Å². The molecule has 0 heterocycles. The maximum atomic E-state index is 11.7. The summed E-state index contributed by atoms with van der Waals surface area (Å²) in [6, 6.07) is 5.84. The second-order valence-corrected chi connectivity index (χ2v) is 5.47. The molecule has 0 spiro atoms. The zero-order valence-electron chi connectivity index (χ0n) is 8.01. The highest BCUT2D eigenvalue weighted by Gasteiger charge is 2.15. The van der Waals surface area contributed by atoms with E-state index in [-0.39, 0.29) is 16.4 Å². The lowest BCUT2D eigenvalue weighted by Crippen LogP contribution is -2.13. The van der Waals surface area contributed by atoms with Gasteiger partial charge in [-0.3, -0.25) is 0 Å². The fourth-order valence-electron chi connectivity index (χ4n) is 1.03. The number of hydrogen-bond acceptors (Lipinski definition) is 4. The molecule has 82 valence electrons. The van der Waals surface area contributed by atoms with Gasteiger partial charge in [-0.1, -0.05) is 16.8 Å². The second-order valence-electron chi connectivity index (χ2n) is 3.05. The maximum Gasteiger partial charge on any atom is 0.183 e. The molecule has 15 heavy (non-hydrogen) atoms. The fourth-order valence-corrected chi connectivity index (χ4v) is 2.48. The zero-order valence-corrected chi connectivity index (χ0v) is 9.59. The van der Waals surface area contributed by atoms with Crippen molar-refractivity contribution in [3.8, 4) is 0 Å². The Morgan fingerprint density at radius 2 is 1.93 bits per heavy atom. The van der Waals surface area contributed by atoms with E-state index in [4.69, 9.17) is 16.8 Å². The Balaban J connectivity index is 3.02. The van der Waals surface area contributed by atoms with E-state index in [1.807, 2.05) is 0 Å². The minimum absolute atomic E-state index is 0.143. The normalized spacial score (nSPS) is 12.8. The lowest BCUT2D eigenvalue weighted by atomic mass is 10.4. The SMILES string of the molecule is C/C(CS(=O)(=O)c1ccc(Cl)cc1)=N\O. The van der Waals surface area contributed by atoms with Crippen molar-refractivity contribution in [1.82, 2.24) is 0 Å². The Bertz CT molecular complexity index is 465. The summed E-state index contributed by atoms with van der Waals surface area (Å²) >= 11 is 5.64. The third-order valence-corrected chi connectivity index (χ3v) is 3.78. The van der Waals surface area contributed by atoms with E-state index in [0.717, 1.165) is 0 Å². The van der Waals surface area contributed by atoms with Crippen LogP contribution in [0.5, 0.6) is 0 Å². The highest BCUT2D eigenvalue weighted by atomic mass is 35.5. The molecule has 1 aromatic rings. The van der Waals surface area contributed by atoms with Crippen molar-refractivity contribution in [2.75, 3.05) is 5.75 Å². The number of halogens is 1. The first kappa shape index (κ1) is 12.0. The van der Waals surface area contributed by atoms with Gasteiger partial charge in [0.2, 0.25) is 0 Å². The van der Waals surface area contributed by atoms with Crippen LogP contribution in [0.3, 0.4) is 0 Å². The smallest absolute Gasteiger partial charge is 0.183 e. The van der Waals surface area contributed by atoms with Crippen molar-refractivity contribution in [3.05, 3.63) is 29.3 Å². The highest BCUT2D eigenvalue weighted by Crippen LogP contribution is 2.15. The Morgan fingerprint density at radius 3 is 2.40 bits per heavy atom. The van der Waals surface area contributed by atoms with Crippen LogP contribution in [0.25, 0.3) is 0 Å². The molecular weight excluding hydrogens is 238 g/mol. The van der Waals surface area contributed by atoms with E-state index in [1.54, 1.807) is 0 Å². The number of benzene rings is 1. The van der Waals surface area contributed by atoms with E-state index in [9.17, 15) is 8.42 Å². The van der Waals surface area contributed by atoms with Gasteiger partial charge in [0.25, 0.3) is 0 Å². The molecule has 0 saturated heterocycles. The molecule has 0 aromatic heterocycles. The Labute approximate surface area is 93.1 Å². The van der Waals surface area contributed by atoms with Crippen molar-refractivity contribution in [2.45, 2.75) is 11.8 Å². The first-order chi connectivity index (χ1) is 6.95. The molecule has 0 aliphatic heterocycles. The minimum Gasteiger partial charge on any atom is -0.411 e. The molecule has 1 aromatic carbocycles. The molecular formula is C9H10ClNO3S. The molecule has 4 nitrogen and oxygen atoms in total. The summed E-state index contributed by atoms with van der Waals surface area (Å²) in [4.78, 5) is 0.162. The van der Waals surface area contributed by atoms with Crippen molar-refractivity contribution < 1.29 is 13.6 Å². The summed E-state index contributed by atoms with van der Waals surface area (Å²) in [6.07, 6.45) is 0. The summed E-state index contributed by atoms with van der Waals surface area (Å²) in [7, 11) is -3.44. The minimum atomic E-state index is -3.44. The number of hydrogen-bond donors (Lipinski definition) is 1. The summed E-state index contributed by atoms with van der Waals surface area (Å²) in [5.74, 6) is -0.300. The molecule has 0 atom stereocenters. The predicted molar refractivity (Wildman–Crippen MR) is 58.4 cm³/mol. The van der Waals surface area contributed by atoms with E-state index in [0.29, 0.717) is 5.02 Å². The molecule has 1 N–H and O–H groups in total. The lowest BCUT2D eigenvalue weighted by molar-refractivity contribution is 0.318. The van der Waals surface area contributed by atoms with Crippen LogP contribution < -0.4 is 0 Å². The van der Waals surface area contributed by atoms with Gasteiger partial charge in [-0.15, -0.1) is 0 Å². The van der Waals surface area contributed by atoms with Gasteiger partial charge < -0.3 is 5.21 Å². The Hall–Kier alpha value is -1.07. The Morgan fingerprint density at radius 1 is 1.40 bits per heavy atom. The third kappa shape index (κ3) is 3.21. The molecule has 0 amide bonds. The maximum absolute atomic E-state index is 11.7. The number of nitrogens with zero attached hydrogens (tertiary/aromatic N) is 1. The second kappa shape index (κ2) is 4.63. The van der Waals surface area contributed by atoms with Crippen LogP contribution in [0.2, 0.25) is 5.02 Å². The first-order valence-corrected chi connectivity index (χ1v) is 6.14. The van der Waals surface area contributed by atoms with Crippen LogP contribution in [0.1, 0.15) is 6.92 Å². The molecule has 0 aliphatic carbocycles. The van der Waals surface area contributed by atoms with Gasteiger partial charge in [0.1, 0.15) is 0 Å². The summed E-state index contributed by atoms with van der Waals surface area (Å²) in [5, 5.41) is 11.7. The Kier molecular flexibility index (Phi) is 3.71. The average molecular weight is 248 g/mol. The van der Waals surface area contributed by atoms with E-state index < -0.39 is 9.84 Å². The van der Waals surface area contributed by atoms with Gasteiger partial charge in [0, 0.05) is 5.02 Å². The largest absolute Gasteiger partial charge is 0.411 e. The van der Waals surface area contributed by atoms with Crippen molar-refractivity contribution >= 4 is 27.1 Å². The van der Waals surface area contributed by atoms with Crippen molar-refractivity contribution in [3.63, 3.8) is 0 Å². The van der Waals surface area contributed by atoms with Gasteiger partial charge in [0.05, 0.1) is 16.4 Å². The van der Waals surface area contributed by atoms with E-state index >= 15 is 0 Å². The summed E-state index contributed by atoms with van der Waals surface area (Å²) in [5.41, 5.74) is 0.143. The fraction of sp³-hybridized carbons (Fsp3) is 0.222. The molecule has 0 saturated carbocycles. The van der Waals surface area contributed by atoms with Gasteiger partial charge in [-0.2, -0.15) is 0 Å². The van der Waals surface area contributed by atoms with E-state index in [2.05, 4.69) is 5.16 Å². The molecule has 0 fully saturated rings. The molecule has 6 heteroatoms. The highest BCUT2D eigenvalue weighted by molar-refractivity contribution is 7.92. The average Bonchev–Trinajstić information content (AvgIpc) is 2.17. The molecule has 1 rings (SSSR count). The standard InChI is InChI=1S/C9H10ClNO3S/c1-7(11-12)6-15(13,14)9-4-2-8(10)3-5-9/h2-5,12H,6H2,1H3/b11-7+. The summed E-state index contributed by atoms with van der Waals surface area (Å²) < 4.78 is 23.4.